The van der Waals surface area contributed by atoms with Gasteiger partial charge in [0, 0.05) is 17.1 Å². The molecule has 3 nitrogen and oxygen atoms in total. The number of rotatable bonds is 5. The highest BCUT2D eigenvalue weighted by Crippen LogP contribution is 2.46. The molecule has 0 unspecified atom stereocenters. The highest BCUT2D eigenvalue weighted by molar-refractivity contribution is 6.30. The Morgan fingerprint density at radius 3 is 2.57 bits per heavy atom. The summed E-state index contributed by atoms with van der Waals surface area (Å²) >= 11 is 6.05. The molecule has 0 radical (unpaired) electrons. The number of carbonyl (C=O) groups excluding carboxylic acids is 1. The van der Waals surface area contributed by atoms with Crippen molar-refractivity contribution in [3.05, 3.63) is 64.7 Å². The molecule has 0 atom stereocenters. The van der Waals surface area contributed by atoms with Crippen LogP contribution in [0.4, 0.5) is 5.69 Å². The minimum atomic E-state index is -0.218. The molecule has 1 amide bonds. The van der Waals surface area contributed by atoms with E-state index in [4.69, 9.17) is 17.3 Å². The Bertz CT molecular complexity index is 699. The van der Waals surface area contributed by atoms with Crippen molar-refractivity contribution in [3.8, 4) is 0 Å². The molecule has 122 valence electrons. The Morgan fingerprint density at radius 2 is 1.91 bits per heavy atom. The number of anilines is 1. The van der Waals surface area contributed by atoms with E-state index >= 15 is 0 Å². The molecular formula is C18H20Cl2N2O. The minimum Gasteiger partial charge on any atom is -0.399 e. The summed E-state index contributed by atoms with van der Waals surface area (Å²) in [5.74, 6) is 0.0562. The fourth-order valence-corrected chi connectivity index (χ4v) is 2.93. The number of benzene rings is 2. The number of halogens is 2. The quantitative estimate of drug-likeness (QED) is 0.798. The summed E-state index contributed by atoms with van der Waals surface area (Å²) in [6.45, 7) is 0. The first kappa shape index (κ1) is 17.6. The van der Waals surface area contributed by atoms with Crippen LogP contribution in [0.15, 0.2) is 48.5 Å². The molecule has 2 aromatic carbocycles. The summed E-state index contributed by atoms with van der Waals surface area (Å²) in [4.78, 5) is 12.3. The van der Waals surface area contributed by atoms with Crippen LogP contribution >= 0.6 is 24.0 Å². The van der Waals surface area contributed by atoms with Gasteiger partial charge in [-0.15, -0.1) is 12.4 Å². The van der Waals surface area contributed by atoms with Crippen LogP contribution in [0.3, 0.4) is 0 Å². The van der Waals surface area contributed by atoms with Crippen molar-refractivity contribution in [3.63, 3.8) is 0 Å². The van der Waals surface area contributed by atoms with E-state index in [1.165, 1.54) is 0 Å². The van der Waals surface area contributed by atoms with Crippen molar-refractivity contribution in [1.82, 2.24) is 5.32 Å². The molecule has 0 bridgehead atoms. The summed E-state index contributed by atoms with van der Waals surface area (Å²) < 4.78 is 0. The van der Waals surface area contributed by atoms with Crippen LogP contribution in [0.25, 0.3) is 0 Å². The lowest BCUT2D eigenvalue weighted by atomic mass is 10.0. The number of nitrogen functional groups attached to an aromatic ring is 1. The monoisotopic (exact) mass is 350 g/mol. The summed E-state index contributed by atoms with van der Waals surface area (Å²) in [7, 11) is 0. The standard InChI is InChI=1S/C18H19ClN2O.ClH/c19-15-6-3-5-14(12-15)18(10-11-18)21-17(22)9-8-13-4-1-2-7-16(13)20;/h1-7,12H,8-11,20H2,(H,21,22);1H. The highest BCUT2D eigenvalue weighted by atomic mass is 35.5. The van der Waals surface area contributed by atoms with E-state index in [1.54, 1.807) is 0 Å². The van der Waals surface area contributed by atoms with Crippen LogP contribution in [-0.2, 0) is 16.8 Å². The second kappa shape index (κ2) is 7.24. The maximum Gasteiger partial charge on any atom is 0.221 e. The van der Waals surface area contributed by atoms with Gasteiger partial charge in [-0.05, 0) is 48.6 Å². The van der Waals surface area contributed by atoms with Gasteiger partial charge in [0.25, 0.3) is 0 Å². The molecule has 1 aliphatic rings. The van der Waals surface area contributed by atoms with Crippen LogP contribution < -0.4 is 11.1 Å². The van der Waals surface area contributed by atoms with Gasteiger partial charge in [0.15, 0.2) is 0 Å². The van der Waals surface area contributed by atoms with Crippen molar-refractivity contribution < 1.29 is 4.79 Å². The molecule has 0 aliphatic heterocycles. The lowest BCUT2D eigenvalue weighted by Gasteiger charge is -2.18. The lowest BCUT2D eigenvalue weighted by molar-refractivity contribution is -0.122. The summed E-state index contributed by atoms with van der Waals surface area (Å²) in [5.41, 5.74) is 8.54. The summed E-state index contributed by atoms with van der Waals surface area (Å²) in [5, 5.41) is 3.87. The maximum atomic E-state index is 12.3. The third-order valence-corrected chi connectivity index (χ3v) is 4.42. The van der Waals surface area contributed by atoms with Gasteiger partial charge in [-0.3, -0.25) is 4.79 Å². The summed E-state index contributed by atoms with van der Waals surface area (Å²) in [6, 6.07) is 15.4. The smallest absolute Gasteiger partial charge is 0.221 e. The molecule has 3 N–H and O–H groups in total. The zero-order valence-corrected chi connectivity index (χ0v) is 14.3. The number of amides is 1. The Morgan fingerprint density at radius 1 is 1.17 bits per heavy atom. The number of carbonyl (C=O) groups is 1. The topological polar surface area (TPSA) is 55.1 Å². The molecule has 1 fully saturated rings. The van der Waals surface area contributed by atoms with E-state index in [9.17, 15) is 4.79 Å². The van der Waals surface area contributed by atoms with Crippen molar-refractivity contribution in [2.45, 2.75) is 31.2 Å². The van der Waals surface area contributed by atoms with Crippen LogP contribution in [0.1, 0.15) is 30.4 Å². The van der Waals surface area contributed by atoms with Gasteiger partial charge in [-0.1, -0.05) is 41.9 Å². The number of hydrogen-bond donors (Lipinski definition) is 2. The summed E-state index contributed by atoms with van der Waals surface area (Å²) in [6.07, 6.45) is 3.03. The van der Waals surface area contributed by atoms with Gasteiger partial charge in [0.1, 0.15) is 0 Å². The lowest BCUT2D eigenvalue weighted by Crippen LogP contribution is -2.35. The van der Waals surface area contributed by atoms with Crippen molar-refractivity contribution in [2.24, 2.45) is 0 Å². The number of hydrogen-bond acceptors (Lipinski definition) is 2. The average molecular weight is 351 g/mol. The molecule has 0 heterocycles. The average Bonchev–Trinajstić information content (AvgIpc) is 3.27. The molecule has 2 aromatic rings. The number of para-hydroxylation sites is 1. The minimum absolute atomic E-state index is 0. The highest BCUT2D eigenvalue weighted by Gasteiger charge is 2.45. The predicted octanol–water partition coefficient (Wildman–Crippen LogP) is 4.08. The van der Waals surface area contributed by atoms with E-state index < -0.39 is 0 Å². The van der Waals surface area contributed by atoms with E-state index in [-0.39, 0.29) is 23.9 Å². The van der Waals surface area contributed by atoms with Crippen molar-refractivity contribution in [1.29, 1.82) is 0 Å². The molecule has 5 heteroatoms. The predicted molar refractivity (Wildman–Crippen MR) is 96.9 cm³/mol. The third kappa shape index (κ3) is 4.18. The Balaban J connectivity index is 0.00000192. The SMILES string of the molecule is Cl.Nc1ccccc1CCC(=O)NC1(c2cccc(Cl)c2)CC1. The largest absolute Gasteiger partial charge is 0.399 e. The van der Waals surface area contributed by atoms with E-state index in [2.05, 4.69) is 5.32 Å². The van der Waals surface area contributed by atoms with Gasteiger partial charge in [0.05, 0.1) is 5.54 Å². The number of aryl methyl sites for hydroxylation is 1. The Labute approximate surface area is 147 Å². The molecule has 0 saturated heterocycles. The Kier molecular flexibility index (Phi) is 5.55. The van der Waals surface area contributed by atoms with Gasteiger partial charge < -0.3 is 11.1 Å². The fraction of sp³-hybridized carbons (Fsp3) is 0.278. The van der Waals surface area contributed by atoms with Crippen molar-refractivity contribution >= 4 is 35.6 Å². The fourth-order valence-electron chi connectivity index (χ4n) is 2.74. The maximum absolute atomic E-state index is 12.3. The molecule has 23 heavy (non-hydrogen) atoms. The van der Waals surface area contributed by atoms with Gasteiger partial charge in [0.2, 0.25) is 5.91 Å². The first-order valence-electron chi connectivity index (χ1n) is 7.49. The zero-order chi connectivity index (χ0) is 15.6. The number of nitrogens with two attached hydrogens (primary N) is 1. The second-order valence-corrected chi connectivity index (χ2v) is 6.28. The third-order valence-electron chi connectivity index (χ3n) is 4.18. The van der Waals surface area contributed by atoms with Crippen LogP contribution in [0.2, 0.25) is 5.02 Å². The molecule has 1 aliphatic carbocycles. The molecule has 1 saturated carbocycles. The molecule has 0 spiro atoms. The Hall–Kier alpha value is -1.71. The normalized spacial score (nSPS) is 14.7. The second-order valence-electron chi connectivity index (χ2n) is 5.84. The zero-order valence-electron chi connectivity index (χ0n) is 12.7. The van der Waals surface area contributed by atoms with E-state index in [1.807, 2.05) is 48.5 Å². The first-order chi connectivity index (χ1) is 10.6. The first-order valence-corrected chi connectivity index (χ1v) is 7.87. The van der Waals surface area contributed by atoms with E-state index in [0.717, 1.165) is 29.7 Å². The van der Waals surface area contributed by atoms with Gasteiger partial charge in [-0.2, -0.15) is 0 Å². The van der Waals surface area contributed by atoms with Gasteiger partial charge >= 0.3 is 0 Å². The molecule has 0 aromatic heterocycles. The molecular weight excluding hydrogens is 331 g/mol. The van der Waals surface area contributed by atoms with Crippen molar-refractivity contribution in [2.75, 3.05) is 5.73 Å². The van der Waals surface area contributed by atoms with Crippen LogP contribution in [-0.4, -0.2) is 5.91 Å². The van der Waals surface area contributed by atoms with Gasteiger partial charge in [-0.25, -0.2) is 0 Å². The number of nitrogens with one attached hydrogen (secondary N) is 1. The van der Waals surface area contributed by atoms with E-state index in [0.29, 0.717) is 17.9 Å². The molecule has 3 rings (SSSR count). The van der Waals surface area contributed by atoms with Crippen LogP contribution in [0, 0.1) is 0 Å². The van der Waals surface area contributed by atoms with Crippen LogP contribution in [0.5, 0.6) is 0 Å².